The second-order valence-electron chi connectivity index (χ2n) is 6.18. The molecule has 1 aromatic rings. The van der Waals surface area contributed by atoms with Crippen LogP contribution >= 0.6 is 11.6 Å². The van der Waals surface area contributed by atoms with E-state index in [4.69, 9.17) is 16.3 Å². The van der Waals surface area contributed by atoms with Gasteiger partial charge in [0.15, 0.2) is 0 Å². The van der Waals surface area contributed by atoms with Gasteiger partial charge in [-0.05, 0) is 37.1 Å². The number of nitrogens with zero attached hydrogens (tertiary/aromatic N) is 1. The number of benzene rings is 1. The Hall–Kier alpha value is -1.26. The van der Waals surface area contributed by atoms with Gasteiger partial charge in [0.2, 0.25) is 5.91 Å². The molecule has 2 atom stereocenters. The predicted molar refractivity (Wildman–Crippen MR) is 80.6 cm³/mol. The van der Waals surface area contributed by atoms with E-state index < -0.39 is 0 Å². The summed E-state index contributed by atoms with van der Waals surface area (Å²) >= 11 is 6.20. The minimum Gasteiger partial charge on any atom is -0.493 e. The smallest absolute Gasteiger partial charge is 0.227 e. The number of carbonyl (C=O) groups excluding carboxylic acids is 1. The normalized spacial score (nSPS) is 27.5. The molecule has 1 N–H and O–H groups in total. The Bertz CT molecular complexity index is 590. The van der Waals surface area contributed by atoms with Crippen LogP contribution in [0.15, 0.2) is 12.1 Å². The number of rotatable bonds is 2. The molecule has 3 aliphatic heterocycles. The van der Waals surface area contributed by atoms with E-state index in [1.54, 1.807) is 0 Å². The first-order chi connectivity index (χ1) is 10.2. The van der Waals surface area contributed by atoms with Gasteiger partial charge in [0.05, 0.1) is 12.5 Å². The van der Waals surface area contributed by atoms with Crippen molar-refractivity contribution in [3.8, 4) is 5.75 Å². The quantitative estimate of drug-likeness (QED) is 0.908. The molecule has 3 aliphatic rings. The van der Waals surface area contributed by atoms with E-state index in [0.717, 1.165) is 48.7 Å². The van der Waals surface area contributed by atoms with Gasteiger partial charge in [0.1, 0.15) is 5.75 Å². The molecule has 1 amide bonds. The molecule has 0 aromatic heterocycles. The van der Waals surface area contributed by atoms with Crippen molar-refractivity contribution in [2.45, 2.75) is 31.8 Å². The molecule has 0 radical (unpaired) electrons. The zero-order valence-electron chi connectivity index (χ0n) is 11.9. The summed E-state index contributed by atoms with van der Waals surface area (Å²) in [5.41, 5.74) is 2.21. The maximum absolute atomic E-state index is 12.5. The highest BCUT2D eigenvalue weighted by molar-refractivity contribution is 6.30. The van der Waals surface area contributed by atoms with Crippen LogP contribution in [0.3, 0.4) is 0 Å². The molecule has 5 heteroatoms. The highest BCUT2D eigenvalue weighted by Crippen LogP contribution is 2.35. The number of halogens is 1. The van der Waals surface area contributed by atoms with Crippen LogP contribution in [-0.4, -0.2) is 36.5 Å². The molecule has 112 valence electrons. The minimum atomic E-state index is 0.159. The topological polar surface area (TPSA) is 41.6 Å². The highest BCUT2D eigenvalue weighted by Gasteiger charge is 2.41. The van der Waals surface area contributed by atoms with Crippen molar-refractivity contribution >= 4 is 17.5 Å². The zero-order valence-corrected chi connectivity index (χ0v) is 12.7. The summed E-state index contributed by atoms with van der Waals surface area (Å²) in [6.45, 7) is 3.14. The summed E-state index contributed by atoms with van der Waals surface area (Å²) in [6, 6.07) is 4.23. The summed E-state index contributed by atoms with van der Waals surface area (Å²) in [7, 11) is 0. The largest absolute Gasteiger partial charge is 0.493 e. The van der Waals surface area contributed by atoms with Gasteiger partial charge in [0, 0.05) is 36.1 Å². The molecule has 0 saturated carbocycles. The Kier molecular flexibility index (Phi) is 3.31. The van der Waals surface area contributed by atoms with Crippen LogP contribution in [0.2, 0.25) is 5.02 Å². The second kappa shape index (κ2) is 5.18. The van der Waals surface area contributed by atoms with Crippen molar-refractivity contribution in [1.82, 2.24) is 10.2 Å². The average molecular weight is 307 g/mol. The maximum Gasteiger partial charge on any atom is 0.227 e. The van der Waals surface area contributed by atoms with Gasteiger partial charge in [-0.15, -0.1) is 0 Å². The number of piperidine rings is 1. The first-order valence-electron chi connectivity index (χ1n) is 7.68. The van der Waals surface area contributed by atoms with Crippen molar-refractivity contribution in [2.75, 3.05) is 19.7 Å². The number of amides is 1. The molecule has 0 aliphatic carbocycles. The lowest BCUT2D eigenvalue weighted by Crippen LogP contribution is -2.41. The fraction of sp³-hybridized carbons (Fsp3) is 0.562. The molecule has 2 unspecified atom stereocenters. The molecular formula is C16H19ClN2O2. The first kappa shape index (κ1) is 13.4. The summed E-state index contributed by atoms with van der Waals surface area (Å²) in [4.78, 5) is 14.5. The lowest BCUT2D eigenvalue weighted by molar-refractivity contribution is -0.131. The Labute approximate surface area is 129 Å². The van der Waals surface area contributed by atoms with E-state index in [2.05, 4.69) is 5.32 Å². The number of hydrogen-bond donors (Lipinski definition) is 1. The van der Waals surface area contributed by atoms with Gasteiger partial charge < -0.3 is 15.0 Å². The summed E-state index contributed by atoms with van der Waals surface area (Å²) in [6.07, 6.45) is 3.01. The Morgan fingerprint density at radius 2 is 2.33 bits per heavy atom. The molecule has 4 nitrogen and oxygen atoms in total. The number of hydrogen-bond acceptors (Lipinski definition) is 3. The number of fused-ring (bicyclic) bond motifs is 2. The second-order valence-corrected chi connectivity index (χ2v) is 6.62. The zero-order chi connectivity index (χ0) is 14.4. The standard InChI is InChI=1S/C16H19ClN2O2/c17-12-6-10-3-5-21-15(10)11(7-12)8-19-9-14-13(16(19)20)2-1-4-18-14/h6-7,13-14,18H,1-5,8-9H2. The van der Waals surface area contributed by atoms with Crippen LogP contribution in [0.4, 0.5) is 0 Å². The van der Waals surface area contributed by atoms with E-state index in [1.165, 1.54) is 5.56 Å². The Morgan fingerprint density at radius 1 is 1.43 bits per heavy atom. The van der Waals surface area contributed by atoms with Crippen molar-refractivity contribution in [3.63, 3.8) is 0 Å². The van der Waals surface area contributed by atoms with E-state index >= 15 is 0 Å². The third-order valence-electron chi connectivity index (χ3n) is 4.82. The molecule has 4 rings (SSSR count). The lowest BCUT2D eigenvalue weighted by atomic mass is 9.94. The van der Waals surface area contributed by atoms with E-state index in [1.807, 2.05) is 17.0 Å². The fourth-order valence-electron chi connectivity index (χ4n) is 3.81. The first-order valence-corrected chi connectivity index (χ1v) is 8.06. The highest BCUT2D eigenvalue weighted by atomic mass is 35.5. The van der Waals surface area contributed by atoms with Crippen molar-refractivity contribution in [2.24, 2.45) is 5.92 Å². The predicted octanol–water partition coefficient (Wildman–Crippen LogP) is 1.99. The van der Waals surface area contributed by atoms with Crippen LogP contribution in [0.5, 0.6) is 5.75 Å². The summed E-state index contributed by atoms with van der Waals surface area (Å²) in [5, 5.41) is 4.20. The number of ether oxygens (including phenoxy) is 1. The summed E-state index contributed by atoms with van der Waals surface area (Å²) in [5.74, 6) is 1.38. The van der Waals surface area contributed by atoms with Crippen LogP contribution in [-0.2, 0) is 17.8 Å². The molecule has 0 bridgehead atoms. The molecular weight excluding hydrogens is 288 g/mol. The van der Waals surface area contributed by atoms with Crippen LogP contribution < -0.4 is 10.1 Å². The maximum atomic E-state index is 12.5. The molecule has 2 saturated heterocycles. The van der Waals surface area contributed by atoms with Gasteiger partial charge in [-0.3, -0.25) is 4.79 Å². The van der Waals surface area contributed by atoms with Gasteiger partial charge in [-0.2, -0.15) is 0 Å². The number of nitrogens with one attached hydrogen (secondary N) is 1. The van der Waals surface area contributed by atoms with Gasteiger partial charge in [-0.25, -0.2) is 0 Å². The number of likely N-dealkylation sites (tertiary alicyclic amines) is 1. The van der Waals surface area contributed by atoms with Gasteiger partial charge >= 0.3 is 0 Å². The third-order valence-corrected chi connectivity index (χ3v) is 5.03. The van der Waals surface area contributed by atoms with Crippen molar-refractivity contribution in [1.29, 1.82) is 0 Å². The molecule has 3 heterocycles. The minimum absolute atomic E-state index is 0.159. The van der Waals surface area contributed by atoms with Crippen LogP contribution in [0.1, 0.15) is 24.0 Å². The fourth-order valence-corrected chi connectivity index (χ4v) is 4.08. The van der Waals surface area contributed by atoms with Gasteiger partial charge in [-0.1, -0.05) is 11.6 Å². The van der Waals surface area contributed by atoms with Crippen molar-refractivity contribution in [3.05, 3.63) is 28.3 Å². The average Bonchev–Trinajstić information content (AvgIpc) is 3.05. The summed E-state index contributed by atoms with van der Waals surface area (Å²) < 4.78 is 5.74. The van der Waals surface area contributed by atoms with Crippen LogP contribution in [0, 0.1) is 5.92 Å². The van der Waals surface area contributed by atoms with E-state index in [0.29, 0.717) is 19.2 Å². The van der Waals surface area contributed by atoms with E-state index in [-0.39, 0.29) is 11.8 Å². The monoisotopic (exact) mass is 306 g/mol. The Morgan fingerprint density at radius 3 is 3.19 bits per heavy atom. The van der Waals surface area contributed by atoms with Gasteiger partial charge in [0.25, 0.3) is 0 Å². The molecule has 0 spiro atoms. The molecule has 2 fully saturated rings. The van der Waals surface area contributed by atoms with E-state index in [9.17, 15) is 4.79 Å². The lowest BCUT2D eigenvalue weighted by Gasteiger charge is -2.23. The SMILES string of the molecule is O=C1C2CCCNC2CN1Cc1cc(Cl)cc2c1OCC2. The molecule has 21 heavy (non-hydrogen) atoms. The van der Waals surface area contributed by atoms with Crippen LogP contribution in [0.25, 0.3) is 0 Å². The Balaban J connectivity index is 1.58. The molecule has 1 aromatic carbocycles. The van der Waals surface area contributed by atoms with Crippen molar-refractivity contribution < 1.29 is 9.53 Å². The third kappa shape index (κ3) is 2.30. The number of carbonyl (C=O) groups is 1.